The minimum absolute atomic E-state index is 0.382. The fraction of sp³-hybridized carbons (Fsp3) is 1.00. The highest BCUT2D eigenvalue weighted by molar-refractivity contribution is 4.75. The Bertz CT molecular complexity index is 105. The Morgan fingerprint density at radius 3 is 2.29 bits per heavy atom. The molecule has 86 valence electrons. The lowest BCUT2D eigenvalue weighted by molar-refractivity contribution is 0.0618. The Morgan fingerprint density at radius 2 is 1.86 bits per heavy atom. The van der Waals surface area contributed by atoms with E-state index in [0.29, 0.717) is 12.1 Å². The second kappa shape index (κ2) is 9.47. The summed E-state index contributed by atoms with van der Waals surface area (Å²) in [6.45, 7) is 7.75. The summed E-state index contributed by atoms with van der Waals surface area (Å²) in [4.78, 5) is 0. The molecule has 2 heteroatoms. The number of methoxy groups -OCH3 is 1. The third kappa shape index (κ3) is 5.61. The Hall–Kier alpha value is -0.0800. The van der Waals surface area contributed by atoms with Crippen molar-refractivity contribution in [1.82, 2.24) is 5.32 Å². The van der Waals surface area contributed by atoms with Crippen molar-refractivity contribution in [1.29, 1.82) is 0 Å². The van der Waals surface area contributed by atoms with Gasteiger partial charge in [-0.3, -0.25) is 0 Å². The third-order valence-electron chi connectivity index (χ3n) is 2.68. The SMILES string of the molecule is CCCCC(NCCC)C(CC)OC. The summed E-state index contributed by atoms with van der Waals surface area (Å²) in [5.74, 6) is 0. The van der Waals surface area contributed by atoms with E-state index in [4.69, 9.17) is 4.74 Å². The van der Waals surface area contributed by atoms with Gasteiger partial charge in [-0.2, -0.15) is 0 Å². The predicted octanol–water partition coefficient (Wildman–Crippen LogP) is 2.97. The summed E-state index contributed by atoms with van der Waals surface area (Å²) in [6.07, 6.45) is 6.48. The Kier molecular flexibility index (Phi) is 9.42. The Labute approximate surface area is 89.4 Å². The first-order chi connectivity index (χ1) is 6.79. The van der Waals surface area contributed by atoms with Gasteiger partial charge >= 0.3 is 0 Å². The van der Waals surface area contributed by atoms with Crippen LogP contribution in [0.3, 0.4) is 0 Å². The maximum absolute atomic E-state index is 5.49. The highest BCUT2D eigenvalue weighted by atomic mass is 16.5. The number of hydrogen-bond donors (Lipinski definition) is 1. The molecule has 0 saturated heterocycles. The third-order valence-corrected chi connectivity index (χ3v) is 2.68. The molecule has 0 bridgehead atoms. The summed E-state index contributed by atoms with van der Waals surface area (Å²) in [6, 6.07) is 0.546. The lowest BCUT2D eigenvalue weighted by atomic mass is 10.0. The summed E-state index contributed by atoms with van der Waals surface area (Å²) >= 11 is 0. The zero-order valence-corrected chi connectivity index (χ0v) is 10.3. The molecule has 0 rings (SSSR count). The van der Waals surface area contributed by atoms with E-state index in [1.165, 1.54) is 25.7 Å². The van der Waals surface area contributed by atoms with Crippen molar-refractivity contribution < 1.29 is 4.74 Å². The number of hydrogen-bond acceptors (Lipinski definition) is 2. The Morgan fingerprint density at radius 1 is 1.14 bits per heavy atom. The number of nitrogens with one attached hydrogen (secondary N) is 1. The molecular formula is C12H27NO. The van der Waals surface area contributed by atoms with Crippen LogP contribution in [0, 0.1) is 0 Å². The van der Waals surface area contributed by atoms with Crippen molar-refractivity contribution in [3.05, 3.63) is 0 Å². The van der Waals surface area contributed by atoms with Gasteiger partial charge in [-0.05, 0) is 25.8 Å². The standard InChI is InChI=1S/C12H27NO/c1-5-8-9-11(13-10-6-2)12(7-3)14-4/h11-13H,5-10H2,1-4H3. The summed E-state index contributed by atoms with van der Waals surface area (Å²) < 4.78 is 5.49. The van der Waals surface area contributed by atoms with Crippen molar-refractivity contribution >= 4 is 0 Å². The van der Waals surface area contributed by atoms with E-state index in [-0.39, 0.29) is 0 Å². The number of rotatable bonds is 9. The summed E-state index contributed by atoms with van der Waals surface area (Å²) in [5, 5.41) is 3.58. The molecule has 0 aromatic carbocycles. The molecule has 0 aliphatic heterocycles. The van der Waals surface area contributed by atoms with Crippen molar-refractivity contribution in [3.8, 4) is 0 Å². The highest BCUT2D eigenvalue weighted by Crippen LogP contribution is 2.10. The van der Waals surface area contributed by atoms with E-state index >= 15 is 0 Å². The zero-order valence-electron chi connectivity index (χ0n) is 10.3. The molecule has 0 spiro atoms. The molecule has 2 unspecified atom stereocenters. The van der Waals surface area contributed by atoms with Gasteiger partial charge in [0.2, 0.25) is 0 Å². The molecule has 0 aliphatic rings. The van der Waals surface area contributed by atoms with Gasteiger partial charge in [-0.15, -0.1) is 0 Å². The normalized spacial score (nSPS) is 15.4. The van der Waals surface area contributed by atoms with Gasteiger partial charge in [0.05, 0.1) is 6.10 Å². The van der Waals surface area contributed by atoms with Crippen molar-refractivity contribution in [3.63, 3.8) is 0 Å². The van der Waals surface area contributed by atoms with Crippen LogP contribution in [0.5, 0.6) is 0 Å². The predicted molar refractivity (Wildman–Crippen MR) is 62.7 cm³/mol. The van der Waals surface area contributed by atoms with E-state index in [9.17, 15) is 0 Å². The van der Waals surface area contributed by atoms with Crippen LogP contribution in [0.25, 0.3) is 0 Å². The van der Waals surface area contributed by atoms with Crippen LogP contribution in [0.1, 0.15) is 52.9 Å². The van der Waals surface area contributed by atoms with Gasteiger partial charge in [-0.1, -0.05) is 33.6 Å². The molecule has 0 aromatic heterocycles. The second-order valence-electron chi connectivity index (χ2n) is 3.89. The zero-order chi connectivity index (χ0) is 10.8. The minimum Gasteiger partial charge on any atom is -0.380 e. The molecule has 1 N–H and O–H groups in total. The molecule has 0 aliphatic carbocycles. The van der Waals surface area contributed by atoms with Crippen LogP contribution < -0.4 is 5.32 Å². The Balaban J connectivity index is 3.92. The van der Waals surface area contributed by atoms with Crippen LogP contribution in [0.4, 0.5) is 0 Å². The van der Waals surface area contributed by atoms with Crippen molar-refractivity contribution in [2.75, 3.05) is 13.7 Å². The number of ether oxygens (including phenoxy) is 1. The van der Waals surface area contributed by atoms with Crippen molar-refractivity contribution in [2.45, 2.75) is 65.0 Å². The maximum Gasteiger partial charge on any atom is 0.0721 e. The van der Waals surface area contributed by atoms with E-state index in [0.717, 1.165) is 13.0 Å². The van der Waals surface area contributed by atoms with E-state index in [1.807, 2.05) is 7.11 Å². The fourth-order valence-electron chi connectivity index (χ4n) is 1.79. The monoisotopic (exact) mass is 201 g/mol. The molecule has 0 radical (unpaired) electrons. The smallest absolute Gasteiger partial charge is 0.0721 e. The topological polar surface area (TPSA) is 21.3 Å². The average Bonchev–Trinajstić information content (AvgIpc) is 2.22. The lowest BCUT2D eigenvalue weighted by Gasteiger charge is -2.26. The van der Waals surface area contributed by atoms with Crippen LogP contribution in [0.2, 0.25) is 0 Å². The molecule has 0 fully saturated rings. The first kappa shape index (κ1) is 13.9. The maximum atomic E-state index is 5.49. The molecule has 2 atom stereocenters. The van der Waals surface area contributed by atoms with E-state index in [2.05, 4.69) is 26.1 Å². The number of unbranched alkanes of at least 4 members (excludes halogenated alkanes) is 1. The van der Waals surface area contributed by atoms with Gasteiger partial charge in [0.1, 0.15) is 0 Å². The first-order valence-corrected chi connectivity index (χ1v) is 6.06. The van der Waals surface area contributed by atoms with E-state index in [1.54, 1.807) is 0 Å². The fourth-order valence-corrected chi connectivity index (χ4v) is 1.79. The summed E-state index contributed by atoms with van der Waals surface area (Å²) in [5.41, 5.74) is 0. The molecule has 0 amide bonds. The quantitative estimate of drug-likeness (QED) is 0.619. The van der Waals surface area contributed by atoms with Gasteiger partial charge in [0.25, 0.3) is 0 Å². The van der Waals surface area contributed by atoms with Crippen LogP contribution >= 0.6 is 0 Å². The second-order valence-corrected chi connectivity index (χ2v) is 3.89. The van der Waals surface area contributed by atoms with Crippen LogP contribution in [0.15, 0.2) is 0 Å². The largest absolute Gasteiger partial charge is 0.380 e. The first-order valence-electron chi connectivity index (χ1n) is 6.06. The van der Waals surface area contributed by atoms with Gasteiger partial charge < -0.3 is 10.1 Å². The molecule has 14 heavy (non-hydrogen) atoms. The van der Waals surface area contributed by atoms with Gasteiger partial charge in [0.15, 0.2) is 0 Å². The average molecular weight is 201 g/mol. The van der Waals surface area contributed by atoms with Crippen LogP contribution in [-0.2, 0) is 4.74 Å². The summed E-state index contributed by atoms with van der Waals surface area (Å²) in [7, 11) is 1.82. The van der Waals surface area contributed by atoms with Crippen LogP contribution in [-0.4, -0.2) is 25.8 Å². The van der Waals surface area contributed by atoms with Gasteiger partial charge in [0, 0.05) is 13.2 Å². The molecule has 2 nitrogen and oxygen atoms in total. The van der Waals surface area contributed by atoms with Crippen molar-refractivity contribution in [2.24, 2.45) is 0 Å². The molecule has 0 heterocycles. The van der Waals surface area contributed by atoms with E-state index < -0.39 is 0 Å². The molecule has 0 aromatic rings. The highest BCUT2D eigenvalue weighted by Gasteiger charge is 2.17. The molecule has 0 saturated carbocycles. The van der Waals surface area contributed by atoms with Gasteiger partial charge in [-0.25, -0.2) is 0 Å². The lowest BCUT2D eigenvalue weighted by Crippen LogP contribution is -2.41. The minimum atomic E-state index is 0.382. The molecular weight excluding hydrogens is 174 g/mol.